The third-order valence-corrected chi connectivity index (χ3v) is 8.26. The van der Waals surface area contributed by atoms with Crippen molar-refractivity contribution in [1.82, 2.24) is 4.98 Å². The molecule has 1 saturated heterocycles. The van der Waals surface area contributed by atoms with Crippen molar-refractivity contribution in [3.63, 3.8) is 0 Å². The Morgan fingerprint density at radius 3 is 2.75 bits per heavy atom. The number of fused-ring (bicyclic) bond motifs is 4. The van der Waals surface area contributed by atoms with E-state index in [4.69, 9.17) is 9.72 Å². The zero-order valence-corrected chi connectivity index (χ0v) is 17.3. The Labute approximate surface area is 169 Å². The van der Waals surface area contributed by atoms with Crippen molar-refractivity contribution in [2.75, 3.05) is 5.32 Å². The van der Waals surface area contributed by atoms with Gasteiger partial charge in [-0.15, -0.1) is 11.3 Å². The molecule has 2 fully saturated rings. The first-order valence-corrected chi connectivity index (χ1v) is 10.9. The molecule has 0 amide bonds. The van der Waals surface area contributed by atoms with Crippen molar-refractivity contribution in [2.45, 2.75) is 52.1 Å². The molecule has 6 atom stereocenters. The van der Waals surface area contributed by atoms with Crippen LogP contribution in [0, 0.1) is 23.2 Å². The SMILES string of the molecule is C[C@@H]1C(=O)O[C@H]2[C@H]1CC[C@@]1(C)Cc3sc(Nc4ccc(O)cc4)nc3[C@@H](C)[C@H]21. The van der Waals surface area contributed by atoms with Crippen LogP contribution in [0.3, 0.4) is 0 Å². The second-order valence-corrected chi connectivity index (χ2v) is 10.1. The van der Waals surface area contributed by atoms with Crippen molar-refractivity contribution in [3.05, 3.63) is 34.8 Å². The number of carbonyl (C=O) groups is 1. The summed E-state index contributed by atoms with van der Waals surface area (Å²) in [5.41, 5.74) is 2.23. The monoisotopic (exact) mass is 398 g/mol. The predicted molar refractivity (Wildman–Crippen MR) is 109 cm³/mol. The Balaban J connectivity index is 1.46. The summed E-state index contributed by atoms with van der Waals surface area (Å²) in [6, 6.07) is 7.04. The van der Waals surface area contributed by atoms with Gasteiger partial charge in [0.15, 0.2) is 5.13 Å². The molecule has 1 aliphatic heterocycles. The molecule has 2 aromatic rings. The summed E-state index contributed by atoms with van der Waals surface area (Å²) in [5, 5.41) is 13.7. The molecule has 5 nitrogen and oxygen atoms in total. The lowest BCUT2D eigenvalue weighted by atomic mass is 9.54. The number of benzene rings is 1. The zero-order chi connectivity index (χ0) is 19.6. The van der Waals surface area contributed by atoms with Crippen molar-refractivity contribution < 1.29 is 14.6 Å². The molecule has 0 bridgehead atoms. The highest BCUT2D eigenvalue weighted by Gasteiger charge is 2.58. The third kappa shape index (κ3) is 2.65. The Hall–Kier alpha value is -2.08. The van der Waals surface area contributed by atoms with Gasteiger partial charge in [0.1, 0.15) is 11.9 Å². The minimum atomic E-state index is -0.0230. The van der Waals surface area contributed by atoms with Crippen molar-refractivity contribution in [3.8, 4) is 5.75 Å². The number of thiazole rings is 1. The van der Waals surface area contributed by atoms with Gasteiger partial charge in [-0.1, -0.05) is 20.8 Å². The summed E-state index contributed by atoms with van der Waals surface area (Å²) >= 11 is 1.73. The van der Waals surface area contributed by atoms with Crippen LogP contribution in [0.2, 0.25) is 0 Å². The molecule has 3 aliphatic rings. The second kappa shape index (κ2) is 6.21. The third-order valence-electron chi connectivity index (χ3n) is 7.28. The molecule has 6 heteroatoms. The smallest absolute Gasteiger partial charge is 0.309 e. The maximum atomic E-state index is 12.2. The molecule has 0 spiro atoms. The average molecular weight is 399 g/mol. The topological polar surface area (TPSA) is 71.5 Å². The van der Waals surface area contributed by atoms with Crippen LogP contribution in [0.5, 0.6) is 5.75 Å². The summed E-state index contributed by atoms with van der Waals surface area (Å²) in [5.74, 6) is 1.20. The fourth-order valence-electron chi connectivity index (χ4n) is 5.80. The van der Waals surface area contributed by atoms with E-state index in [1.54, 1.807) is 23.5 Å². The van der Waals surface area contributed by atoms with E-state index in [2.05, 4.69) is 19.2 Å². The molecule has 2 aliphatic carbocycles. The molecule has 148 valence electrons. The quantitative estimate of drug-likeness (QED) is 0.559. The summed E-state index contributed by atoms with van der Waals surface area (Å²) in [4.78, 5) is 18.5. The Bertz CT molecular complexity index is 924. The number of nitrogens with one attached hydrogen (secondary N) is 1. The predicted octanol–water partition coefficient (Wildman–Crippen LogP) is 4.85. The van der Waals surface area contributed by atoms with E-state index in [0.717, 1.165) is 35.8 Å². The molecular weight excluding hydrogens is 372 g/mol. The Morgan fingerprint density at radius 2 is 2.00 bits per heavy atom. The normalized spacial score (nSPS) is 36.2. The summed E-state index contributed by atoms with van der Waals surface area (Å²) in [7, 11) is 0. The van der Waals surface area contributed by atoms with E-state index < -0.39 is 0 Å². The Kier molecular flexibility index (Phi) is 3.99. The highest BCUT2D eigenvalue weighted by Crippen LogP contribution is 2.59. The van der Waals surface area contributed by atoms with Crippen LogP contribution in [0.1, 0.15) is 50.1 Å². The summed E-state index contributed by atoms with van der Waals surface area (Å²) in [6.07, 6.45) is 3.24. The van der Waals surface area contributed by atoms with Gasteiger partial charge < -0.3 is 15.2 Å². The van der Waals surface area contributed by atoms with Gasteiger partial charge in [-0.2, -0.15) is 0 Å². The maximum Gasteiger partial charge on any atom is 0.309 e. The molecule has 2 N–H and O–H groups in total. The molecule has 2 heterocycles. The molecular formula is C22H26N2O3S. The number of nitrogens with zero attached hydrogens (tertiary/aromatic N) is 1. The van der Waals surface area contributed by atoms with E-state index in [1.807, 2.05) is 19.1 Å². The number of hydrogen-bond acceptors (Lipinski definition) is 6. The number of aromatic nitrogens is 1. The number of phenolic OH excluding ortho intramolecular Hbond substituents is 1. The first kappa shape index (κ1) is 18.0. The Morgan fingerprint density at radius 1 is 1.25 bits per heavy atom. The first-order valence-electron chi connectivity index (χ1n) is 10.1. The first-order chi connectivity index (χ1) is 13.4. The van der Waals surface area contributed by atoms with Crippen LogP contribution in [0.15, 0.2) is 24.3 Å². The summed E-state index contributed by atoms with van der Waals surface area (Å²) < 4.78 is 5.91. The number of esters is 1. The number of anilines is 2. The lowest BCUT2D eigenvalue weighted by Gasteiger charge is -2.51. The minimum absolute atomic E-state index is 0.0188. The maximum absolute atomic E-state index is 12.2. The fraction of sp³-hybridized carbons (Fsp3) is 0.545. The van der Waals surface area contributed by atoms with Gasteiger partial charge in [0.25, 0.3) is 0 Å². The second-order valence-electron chi connectivity index (χ2n) is 9.04. The molecule has 1 saturated carbocycles. The van der Waals surface area contributed by atoms with E-state index in [0.29, 0.717) is 11.8 Å². The van der Waals surface area contributed by atoms with Crippen LogP contribution in [-0.4, -0.2) is 22.2 Å². The highest BCUT2D eigenvalue weighted by atomic mass is 32.1. The van der Waals surface area contributed by atoms with Crippen LogP contribution < -0.4 is 5.32 Å². The van der Waals surface area contributed by atoms with Crippen molar-refractivity contribution in [2.24, 2.45) is 23.2 Å². The van der Waals surface area contributed by atoms with Crippen LogP contribution in [0.25, 0.3) is 0 Å². The number of phenols is 1. The average Bonchev–Trinajstić information content (AvgIpc) is 3.17. The zero-order valence-electron chi connectivity index (χ0n) is 16.4. The van der Waals surface area contributed by atoms with Gasteiger partial charge in [0.05, 0.1) is 11.6 Å². The number of hydrogen-bond donors (Lipinski definition) is 2. The van der Waals surface area contributed by atoms with Gasteiger partial charge in [0.2, 0.25) is 0 Å². The van der Waals surface area contributed by atoms with Crippen LogP contribution in [0.4, 0.5) is 10.8 Å². The van der Waals surface area contributed by atoms with Crippen molar-refractivity contribution in [1.29, 1.82) is 0 Å². The standard InChI is InChI=1S/C22H26N2O3S/c1-11-15-8-9-22(3)10-16-18(12(2)17(22)19(15)27-20(11)26)24-21(28-16)23-13-4-6-14(25)7-5-13/h4-7,11-12,15,17,19,25H,8-10H2,1-3H3,(H,23,24)/t11-,12-,15-,17+,19-,22-/m0/s1. The van der Waals surface area contributed by atoms with Crippen LogP contribution in [-0.2, 0) is 16.0 Å². The van der Waals surface area contributed by atoms with Gasteiger partial charge in [-0.25, -0.2) is 4.98 Å². The van der Waals surface area contributed by atoms with Crippen LogP contribution >= 0.6 is 11.3 Å². The minimum Gasteiger partial charge on any atom is -0.508 e. The fourth-order valence-corrected chi connectivity index (χ4v) is 7.08. The molecule has 0 unspecified atom stereocenters. The number of ether oxygens (including phenoxy) is 1. The molecule has 28 heavy (non-hydrogen) atoms. The molecule has 5 rings (SSSR count). The molecule has 1 aromatic heterocycles. The number of carbonyl (C=O) groups excluding carboxylic acids is 1. The largest absolute Gasteiger partial charge is 0.508 e. The number of aromatic hydroxyl groups is 1. The van der Waals surface area contributed by atoms with Crippen molar-refractivity contribution >= 4 is 28.1 Å². The highest BCUT2D eigenvalue weighted by molar-refractivity contribution is 7.15. The molecule has 1 aromatic carbocycles. The van der Waals surface area contributed by atoms with Gasteiger partial charge in [0, 0.05) is 28.3 Å². The number of rotatable bonds is 2. The van der Waals surface area contributed by atoms with E-state index >= 15 is 0 Å². The van der Waals surface area contributed by atoms with E-state index in [9.17, 15) is 9.90 Å². The lowest BCUT2D eigenvalue weighted by molar-refractivity contribution is -0.149. The lowest BCUT2D eigenvalue weighted by Crippen LogP contribution is -2.50. The van der Waals surface area contributed by atoms with Gasteiger partial charge >= 0.3 is 5.97 Å². The van der Waals surface area contributed by atoms with Gasteiger partial charge in [-0.3, -0.25) is 4.79 Å². The summed E-state index contributed by atoms with van der Waals surface area (Å²) in [6.45, 7) is 6.65. The molecule has 0 radical (unpaired) electrons. The van der Waals surface area contributed by atoms with E-state index in [-0.39, 0.29) is 35.1 Å². The van der Waals surface area contributed by atoms with Gasteiger partial charge in [-0.05, 0) is 48.9 Å². The van der Waals surface area contributed by atoms with E-state index in [1.165, 1.54) is 4.88 Å².